The molecule has 1 aliphatic rings. The molecule has 0 spiro atoms. The number of hydrogen-bond acceptors (Lipinski definition) is 5. The molecule has 3 N–H and O–H groups in total. The zero-order valence-electron chi connectivity index (χ0n) is 13.6. The number of nitrogens with zero attached hydrogens (tertiary/aromatic N) is 1. The summed E-state index contributed by atoms with van der Waals surface area (Å²) in [6.07, 6.45) is 4.73. The largest absolute Gasteiger partial charge is 0.358 e. The Morgan fingerprint density at radius 2 is 1.78 bits per heavy atom. The lowest BCUT2D eigenvalue weighted by atomic mass is 10.1. The van der Waals surface area contributed by atoms with Gasteiger partial charge in [-0.1, -0.05) is 0 Å². The Morgan fingerprint density at radius 1 is 1.13 bits per heavy atom. The van der Waals surface area contributed by atoms with Crippen molar-refractivity contribution in [1.82, 2.24) is 20.9 Å². The van der Waals surface area contributed by atoms with Crippen LogP contribution in [0.1, 0.15) is 25.7 Å². The quantitative estimate of drug-likeness (QED) is 0.350. The van der Waals surface area contributed by atoms with Gasteiger partial charge in [-0.15, -0.1) is 0 Å². The molecule has 128 valence electrons. The van der Waals surface area contributed by atoms with Crippen LogP contribution in [-0.4, -0.2) is 61.8 Å². The average molecular weight is 324 g/mol. The number of hydrogen-bond donors (Lipinski definition) is 3. The molecule has 0 saturated carbocycles. The van der Waals surface area contributed by atoms with Crippen molar-refractivity contribution in [1.29, 1.82) is 0 Å². The van der Waals surface area contributed by atoms with Gasteiger partial charge in [-0.25, -0.2) is 0 Å². The number of imide groups is 1. The Balaban J connectivity index is 2.11. The van der Waals surface area contributed by atoms with Gasteiger partial charge in [-0.3, -0.25) is 24.1 Å². The van der Waals surface area contributed by atoms with Crippen LogP contribution >= 0.6 is 0 Å². The number of amides is 4. The fraction of sp³-hybridized carbons (Fsp3) is 0.600. The van der Waals surface area contributed by atoms with E-state index in [1.165, 1.54) is 12.2 Å². The molecule has 0 bridgehead atoms. The van der Waals surface area contributed by atoms with E-state index < -0.39 is 0 Å². The first-order chi connectivity index (χ1) is 11.0. The molecule has 4 amide bonds. The van der Waals surface area contributed by atoms with E-state index in [-0.39, 0.29) is 42.6 Å². The number of rotatable bonds is 10. The zero-order valence-corrected chi connectivity index (χ0v) is 13.6. The predicted octanol–water partition coefficient (Wildman–Crippen LogP) is -1.08. The number of nitrogens with one attached hydrogen (secondary N) is 3. The van der Waals surface area contributed by atoms with Gasteiger partial charge >= 0.3 is 0 Å². The normalized spacial score (nSPS) is 15.0. The molecule has 0 aliphatic carbocycles. The molecule has 1 aliphatic heterocycles. The highest BCUT2D eigenvalue weighted by molar-refractivity contribution is 6.13. The number of carbonyl (C=O) groups is 4. The summed E-state index contributed by atoms with van der Waals surface area (Å²) in [7, 11) is 3.33. The summed E-state index contributed by atoms with van der Waals surface area (Å²) in [4.78, 5) is 46.8. The van der Waals surface area contributed by atoms with Gasteiger partial charge in [-0.05, 0) is 26.3 Å². The molecule has 0 aromatic carbocycles. The van der Waals surface area contributed by atoms with Crippen LogP contribution in [0, 0.1) is 0 Å². The zero-order chi connectivity index (χ0) is 17.2. The Morgan fingerprint density at radius 3 is 2.35 bits per heavy atom. The van der Waals surface area contributed by atoms with Crippen molar-refractivity contribution in [2.45, 2.75) is 31.7 Å². The van der Waals surface area contributed by atoms with Crippen LogP contribution in [0.4, 0.5) is 0 Å². The molecule has 8 nitrogen and oxygen atoms in total. The molecule has 0 aromatic rings. The van der Waals surface area contributed by atoms with Gasteiger partial charge in [0.2, 0.25) is 11.8 Å². The summed E-state index contributed by atoms with van der Waals surface area (Å²) in [6.45, 7) is 0.595. The molecule has 1 rings (SSSR count). The van der Waals surface area contributed by atoms with Crippen LogP contribution < -0.4 is 16.0 Å². The first-order valence-corrected chi connectivity index (χ1v) is 7.68. The minimum Gasteiger partial charge on any atom is -0.358 e. The number of carbonyl (C=O) groups excluding carboxylic acids is 4. The van der Waals surface area contributed by atoms with Crippen molar-refractivity contribution in [3.63, 3.8) is 0 Å². The van der Waals surface area contributed by atoms with E-state index in [9.17, 15) is 19.2 Å². The average Bonchev–Trinajstić information content (AvgIpc) is 2.86. The monoisotopic (exact) mass is 324 g/mol. The van der Waals surface area contributed by atoms with E-state index in [4.69, 9.17) is 0 Å². The Hall–Kier alpha value is -2.22. The lowest BCUT2D eigenvalue weighted by molar-refractivity contribution is -0.137. The summed E-state index contributed by atoms with van der Waals surface area (Å²) in [5.74, 6) is -1.01. The van der Waals surface area contributed by atoms with Gasteiger partial charge in [0, 0.05) is 38.7 Å². The molecule has 0 aromatic heterocycles. The van der Waals surface area contributed by atoms with Gasteiger partial charge in [0.1, 0.15) is 0 Å². The van der Waals surface area contributed by atoms with Gasteiger partial charge in [0.05, 0.1) is 6.04 Å². The van der Waals surface area contributed by atoms with Crippen LogP contribution in [-0.2, 0) is 19.2 Å². The molecule has 0 saturated heterocycles. The maximum Gasteiger partial charge on any atom is 0.253 e. The Bertz CT molecular complexity index is 472. The highest BCUT2D eigenvalue weighted by Crippen LogP contribution is 2.04. The SMILES string of the molecule is CNC(=O)C(CCCCNC(=O)CCN1C(=O)C=CC1=O)NC. The van der Waals surface area contributed by atoms with Gasteiger partial charge in [-0.2, -0.15) is 0 Å². The smallest absolute Gasteiger partial charge is 0.253 e. The van der Waals surface area contributed by atoms with Gasteiger partial charge in [0.15, 0.2) is 0 Å². The van der Waals surface area contributed by atoms with E-state index in [0.29, 0.717) is 13.0 Å². The molecule has 8 heteroatoms. The van der Waals surface area contributed by atoms with Gasteiger partial charge in [0.25, 0.3) is 11.8 Å². The second-order valence-corrected chi connectivity index (χ2v) is 5.21. The van der Waals surface area contributed by atoms with E-state index in [1.54, 1.807) is 14.1 Å². The van der Waals surface area contributed by atoms with Crippen molar-refractivity contribution < 1.29 is 19.2 Å². The topological polar surface area (TPSA) is 108 Å². The van der Waals surface area contributed by atoms with Crippen molar-refractivity contribution >= 4 is 23.6 Å². The van der Waals surface area contributed by atoms with Crippen molar-refractivity contribution in [3.8, 4) is 0 Å². The predicted molar refractivity (Wildman–Crippen MR) is 84.3 cm³/mol. The summed E-state index contributed by atoms with van der Waals surface area (Å²) in [5, 5.41) is 8.27. The molecule has 1 unspecified atom stereocenters. The highest BCUT2D eigenvalue weighted by Gasteiger charge is 2.23. The van der Waals surface area contributed by atoms with E-state index >= 15 is 0 Å². The maximum absolute atomic E-state index is 11.7. The molecular weight excluding hydrogens is 300 g/mol. The van der Waals surface area contributed by atoms with Crippen molar-refractivity contribution in [2.24, 2.45) is 0 Å². The maximum atomic E-state index is 11.7. The first kappa shape index (κ1) is 18.8. The van der Waals surface area contributed by atoms with Crippen molar-refractivity contribution in [2.75, 3.05) is 27.2 Å². The van der Waals surface area contributed by atoms with Gasteiger partial charge < -0.3 is 16.0 Å². The van der Waals surface area contributed by atoms with Crippen LogP contribution in [0.15, 0.2) is 12.2 Å². The summed E-state index contributed by atoms with van der Waals surface area (Å²) in [5.41, 5.74) is 0. The van der Waals surface area contributed by atoms with Crippen LogP contribution in [0.5, 0.6) is 0 Å². The van der Waals surface area contributed by atoms with E-state index in [0.717, 1.165) is 17.7 Å². The summed E-state index contributed by atoms with van der Waals surface area (Å²) < 4.78 is 0. The molecule has 23 heavy (non-hydrogen) atoms. The molecule has 0 radical (unpaired) electrons. The Kier molecular flexibility index (Phi) is 7.96. The second-order valence-electron chi connectivity index (χ2n) is 5.21. The van der Waals surface area contributed by atoms with E-state index in [2.05, 4.69) is 16.0 Å². The fourth-order valence-electron chi connectivity index (χ4n) is 2.24. The summed E-state index contributed by atoms with van der Waals surface area (Å²) in [6, 6.07) is -0.226. The lowest BCUT2D eigenvalue weighted by Gasteiger charge is -2.15. The Labute approximate surface area is 135 Å². The third-order valence-corrected chi connectivity index (χ3v) is 3.62. The molecule has 1 atom stereocenters. The molecule has 0 fully saturated rings. The number of likely N-dealkylation sites (N-methyl/N-ethyl adjacent to an activating group) is 2. The van der Waals surface area contributed by atoms with Crippen LogP contribution in [0.2, 0.25) is 0 Å². The minimum absolute atomic E-state index is 0.0508. The number of unbranched alkanes of at least 4 members (excludes halogenated alkanes) is 1. The van der Waals surface area contributed by atoms with E-state index in [1.807, 2.05) is 0 Å². The lowest BCUT2D eigenvalue weighted by Crippen LogP contribution is -2.41. The third kappa shape index (κ3) is 6.19. The standard InChI is InChI=1S/C15H24N4O4/c1-16-11(15(23)17-2)5-3-4-9-18-12(20)8-10-19-13(21)6-7-14(19)22/h6-7,11,16H,3-5,8-10H2,1-2H3,(H,17,23)(H,18,20). The summed E-state index contributed by atoms with van der Waals surface area (Å²) >= 11 is 0. The second kappa shape index (κ2) is 9.73. The minimum atomic E-state index is -0.380. The highest BCUT2D eigenvalue weighted by atomic mass is 16.2. The fourth-order valence-corrected chi connectivity index (χ4v) is 2.24. The third-order valence-electron chi connectivity index (χ3n) is 3.62. The van der Waals surface area contributed by atoms with Crippen molar-refractivity contribution in [3.05, 3.63) is 12.2 Å². The first-order valence-electron chi connectivity index (χ1n) is 7.68. The molecule has 1 heterocycles. The van der Waals surface area contributed by atoms with Crippen LogP contribution in [0.3, 0.4) is 0 Å². The molecular formula is C15H24N4O4. The van der Waals surface area contributed by atoms with Crippen LogP contribution in [0.25, 0.3) is 0 Å².